The van der Waals surface area contributed by atoms with Crippen LogP contribution in [0.15, 0.2) is 60.8 Å². The van der Waals surface area contributed by atoms with E-state index in [2.05, 4.69) is 81.5 Å². The standard InChI is InChI=1S/C61H108O6/c1-4-7-10-13-16-19-22-25-28-30-33-35-38-41-44-47-50-53-59(62)65-56-58(67-61(64)55-52-49-46-43-40-37-32-27-24-21-18-15-12-9-6-3)57-66-60(63)54-51-48-45-42-39-36-34-31-29-26-23-20-17-14-11-8-5-2/h16,19,25-29,32-33,35,58H,4-15,17-18,20-24,30-31,34,36-57H2,1-3H3/b19-16-,28-25-,29-26-,32-27-,35-33-/t58-/m1/s1. The lowest BCUT2D eigenvalue weighted by Crippen LogP contribution is -2.30. The third kappa shape index (κ3) is 53.9. The molecule has 0 aromatic carbocycles. The highest BCUT2D eigenvalue weighted by atomic mass is 16.6. The van der Waals surface area contributed by atoms with E-state index >= 15 is 0 Å². The lowest BCUT2D eigenvalue weighted by atomic mass is 10.1. The van der Waals surface area contributed by atoms with Crippen molar-refractivity contribution < 1.29 is 28.6 Å². The number of rotatable bonds is 52. The summed E-state index contributed by atoms with van der Waals surface area (Å²) in [5.74, 6) is -0.911. The number of carbonyl (C=O) groups excluding carboxylic acids is 3. The van der Waals surface area contributed by atoms with Crippen LogP contribution in [-0.4, -0.2) is 37.2 Å². The first-order chi connectivity index (χ1) is 33.0. The number of ether oxygens (including phenoxy) is 3. The van der Waals surface area contributed by atoms with Gasteiger partial charge in [0.2, 0.25) is 0 Å². The summed E-state index contributed by atoms with van der Waals surface area (Å²) in [7, 11) is 0. The van der Waals surface area contributed by atoms with E-state index < -0.39 is 6.10 Å². The Labute approximate surface area is 415 Å². The summed E-state index contributed by atoms with van der Waals surface area (Å²) in [6.45, 7) is 6.59. The van der Waals surface area contributed by atoms with Gasteiger partial charge in [-0.25, -0.2) is 0 Å². The minimum atomic E-state index is -0.789. The monoisotopic (exact) mass is 937 g/mol. The molecule has 0 aromatic rings. The van der Waals surface area contributed by atoms with Crippen molar-refractivity contribution in [2.75, 3.05) is 13.2 Å². The highest BCUT2D eigenvalue weighted by Gasteiger charge is 2.19. The first-order valence-corrected chi connectivity index (χ1v) is 28.8. The second-order valence-electron chi connectivity index (χ2n) is 19.2. The molecule has 0 aliphatic rings. The zero-order chi connectivity index (χ0) is 48.6. The summed E-state index contributed by atoms with van der Waals surface area (Å²) in [4.78, 5) is 38.1. The maximum absolute atomic E-state index is 12.8. The fraction of sp³-hybridized carbons (Fsp3) is 0.787. The van der Waals surface area contributed by atoms with E-state index in [9.17, 15) is 14.4 Å². The van der Waals surface area contributed by atoms with Crippen LogP contribution in [0.4, 0.5) is 0 Å². The molecule has 0 fully saturated rings. The molecule has 0 spiro atoms. The zero-order valence-corrected chi connectivity index (χ0v) is 44.4. The normalized spacial score (nSPS) is 12.5. The Morgan fingerprint density at radius 3 is 0.881 bits per heavy atom. The van der Waals surface area contributed by atoms with Gasteiger partial charge in [0.25, 0.3) is 0 Å². The van der Waals surface area contributed by atoms with E-state index in [1.165, 1.54) is 154 Å². The average Bonchev–Trinajstić information content (AvgIpc) is 3.33. The molecule has 0 rings (SSSR count). The quantitative estimate of drug-likeness (QED) is 0.0262. The second-order valence-corrected chi connectivity index (χ2v) is 19.2. The van der Waals surface area contributed by atoms with Crippen LogP contribution in [-0.2, 0) is 28.6 Å². The molecule has 0 aromatic heterocycles. The van der Waals surface area contributed by atoms with Gasteiger partial charge in [0.15, 0.2) is 6.10 Å². The van der Waals surface area contributed by atoms with Gasteiger partial charge < -0.3 is 14.2 Å². The van der Waals surface area contributed by atoms with E-state index in [4.69, 9.17) is 14.2 Å². The Hall–Kier alpha value is -2.89. The molecule has 1 atom stereocenters. The topological polar surface area (TPSA) is 78.9 Å². The Balaban J connectivity index is 4.42. The number of esters is 3. The predicted molar refractivity (Wildman–Crippen MR) is 288 cm³/mol. The largest absolute Gasteiger partial charge is 0.462 e. The molecule has 67 heavy (non-hydrogen) atoms. The third-order valence-electron chi connectivity index (χ3n) is 12.5. The van der Waals surface area contributed by atoms with Crippen LogP contribution < -0.4 is 0 Å². The summed E-state index contributed by atoms with van der Waals surface area (Å²) in [5.41, 5.74) is 0. The van der Waals surface area contributed by atoms with Gasteiger partial charge in [-0.05, 0) is 109 Å². The molecule has 388 valence electrons. The first kappa shape index (κ1) is 64.1. The molecule has 0 amide bonds. The zero-order valence-electron chi connectivity index (χ0n) is 44.4. The molecule has 0 saturated heterocycles. The van der Waals surface area contributed by atoms with Crippen molar-refractivity contribution in [2.45, 2.75) is 297 Å². The first-order valence-electron chi connectivity index (χ1n) is 28.8. The van der Waals surface area contributed by atoms with Gasteiger partial charge in [-0.3, -0.25) is 14.4 Å². The molecule has 6 nitrogen and oxygen atoms in total. The summed E-state index contributed by atoms with van der Waals surface area (Å²) in [6.07, 6.45) is 69.2. The highest BCUT2D eigenvalue weighted by Crippen LogP contribution is 2.15. The minimum absolute atomic E-state index is 0.0862. The lowest BCUT2D eigenvalue weighted by Gasteiger charge is -2.18. The van der Waals surface area contributed by atoms with E-state index in [0.29, 0.717) is 19.3 Å². The molecule has 0 N–H and O–H groups in total. The maximum Gasteiger partial charge on any atom is 0.306 e. The van der Waals surface area contributed by atoms with Gasteiger partial charge >= 0.3 is 17.9 Å². The van der Waals surface area contributed by atoms with Gasteiger partial charge in [0, 0.05) is 19.3 Å². The molecule has 0 heterocycles. The smallest absolute Gasteiger partial charge is 0.306 e. The molecule has 0 aliphatic carbocycles. The third-order valence-corrected chi connectivity index (χ3v) is 12.5. The molecule has 0 aliphatic heterocycles. The Bertz CT molecular complexity index is 1210. The number of unbranched alkanes of at least 4 members (excludes halogenated alkanes) is 31. The molecule has 0 radical (unpaired) electrons. The van der Waals surface area contributed by atoms with Crippen LogP contribution in [0.25, 0.3) is 0 Å². The Morgan fingerprint density at radius 2 is 0.537 bits per heavy atom. The molecular formula is C61H108O6. The number of carbonyl (C=O) groups is 3. The summed E-state index contributed by atoms with van der Waals surface area (Å²) >= 11 is 0. The van der Waals surface area contributed by atoms with E-state index in [-0.39, 0.29) is 31.1 Å². The van der Waals surface area contributed by atoms with Gasteiger partial charge in [-0.1, -0.05) is 223 Å². The number of hydrogen-bond donors (Lipinski definition) is 0. The van der Waals surface area contributed by atoms with Gasteiger partial charge in [-0.2, -0.15) is 0 Å². The summed E-state index contributed by atoms with van der Waals surface area (Å²) in [6, 6.07) is 0. The van der Waals surface area contributed by atoms with Crippen molar-refractivity contribution in [3.05, 3.63) is 60.8 Å². The van der Waals surface area contributed by atoms with Gasteiger partial charge in [0.1, 0.15) is 13.2 Å². The van der Waals surface area contributed by atoms with Crippen molar-refractivity contribution in [1.82, 2.24) is 0 Å². The molecule has 0 saturated carbocycles. The Morgan fingerprint density at radius 1 is 0.299 bits per heavy atom. The van der Waals surface area contributed by atoms with Crippen molar-refractivity contribution in [1.29, 1.82) is 0 Å². The van der Waals surface area contributed by atoms with E-state index in [0.717, 1.165) is 96.3 Å². The summed E-state index contributed by atoms with van der Waals surface area (Å²) < 4.78 is 16.8. The second kappa shape index (κ2) is 55.7. The van der Waals surface area contributed by atoms with Gasteiger partial charge in [0.05, 0.1) is 0 Å². The maximum atomic E-state index is 12.8. The molecule has 0 unspecified atom stereocenters. The van der Waals surface area contributed by atoms with Crippen molar-refractivity contribution in [2.24, 2.45) is 0 Å². The van der Waals surface area contributed by atoms with Crippen molar-refractivity contribution >= 4 is 17.9 Å². The van der Waals surface area contributed by atoms with Crippen LogP contribution in [0.2, 0.25) is 0 Å². The van der Waals surface area contributed by atoms with Crippen LogP contribution >= 0.6 is 0 Å². The van der Waals surface area contributed by atoms with Crippen molar-refractivity contribution in [3.63, 3.8) is 0 Å². The van der Waals surface area contributed by atoms with E-state index in [1.807, 2.05) is 0 Å². The lowest BCUT2D eigenvalue weighted by molar-refractivity contribution is -0.167. The molecular weight excluding hydrogens is 829 g/mol. The number of allylic oxidation sites excluding steroid dienone is 10. The van der Waals surface area contributed by atoms with Crippen LogP contribution in [0, 0.1) is 0 Å². The Kier molecular flexibility index (Phi) is 53.3. The predicted octanol–water partition coefficient (Wildman–Crippen LogP) is 19.2. The van der Waals surface area contributed by atoms with Crippen molar-refractivity contribution in [3.8, 4) is 0 Å². The average molecular weight is 938 g/mol. The fourth-order valence-corrected chi connectivity index (χ4v) is 8.09. The summed E-state index contributed by atoms with van der Waals surface area (Å²) in [5, 5.41) is 0. The molecule has 6 heteroatoms. The van der Waals surface area contributed by atoms with Crippen LogP contribution in [0.1, 0.15) is 290 Å². The highest BCUT2D eigenvalue weighted by molar-refractivity contribution is 5.71. The minimum Gasteiger partial charge on any atom is -0.462 e. The fourth-order valence-electron chi connectivity index (χ4n) is 8.09. The van der Waals surface area contributed by atoms with Gasteiger partial charge in [-0.15, -0.1) is 0 Å². The van der Waals surface area contributed by atoms with E-state index in [1.54, 1.807) is 0 Å². The van der Waals surface area contributed by atoms with Crippen LogP contribution in [0.3, 0.4) is 0 Å². The molecule has 0 bridgehead atoms. The van der Waals surface area contributed by atoms with Crippen LogP contribution in [0.5, 0.6) is 0 Å². The number of hydrogen-bond acceptors (Lipinski definition) is 6. The SMILES string of the molecule is CCCCC/C=C\C/C=C\C/C=C\CCCCCCC(=O)OC[C@H](COC(=O)CCCCCCCCC/C=C\CCCCCCCC)OC(=O)CCCCCCC/C=C\CCCCCCCC.